The van der Waals surface area contributed by atoms with Gasteiger partial charge in [0, 0.05) is 0 Å². The van der Waals surface area contributed by atoms with Crippen molar-refractivity contribution in [3.8, 4) is 0 Å². The fraction of sp³-hybridized carbons (Fsp3) is 0.385. The minimum Gasteiger partial charge on any atom is -0.394 e. The standard InChI is InChI=1S/C13H15NO3/c1-8(2)11(7-15)14-12(16)9-5-3-4-6-10(9)13(14)17/h3-6,8,11,15H,7H2,1-2H3/t11-/m1/s1. The number of fused-ring (bicyclic) bond motifs is 1. The molecule has 1 N–H and O–H groups in total. The van der Waals surface area contributed by atoms with Gasteiger partial charge in [0.15, 0.2) is 0 Å². The van der Waals surface area contributed by atoms with Crippen molar-refractivity contribution in [2.45, 2.75) is 19.9 Å². The van der Waals surface area contributed by atoms with Crippen molar-refractivity contribution >= 4 is 11.8 Å². The third-order valence-electron chi connectivity index (χ3n) is 3.11. The summed E-state index contributed by atoms with van der Waals surface area (Å²) in [7, 11) is 0. The van der Waals surface area contributed by atoms with Crippen molar-refractivity contribution in [2.24, 2.45) is 5.92 Å². The van der Waals surface area contributed by atoms with E-state index in [1.807, 2.05) is 13.8 Å². The number of amides is 2. The molecule has 1 aromatic rings. The summed E-state index contributed by atoms with van der Waals surface area (Å²) in [5.74, 6) is -0.584. The van der Waals surface area contributed by atoms with Crippen LogP contribution in [0, 0.1) is 5.92 Å². The normalized spacial score (nSPS) is 16.6. The molecule has 90 valence electrons. The van der Waals surface area contributed by atoms with E-state index in [9.17, 15) is 14.7 Å². The molecule has 0 fully saturated rings. The number of carbonyl (C=O) groups is 2. The molecule has 0 bridgehead atoms. The Balaban J connectivity index is 2.42. The minimum absolute atomic E-state index is 0.0298. The lowest BCUT2D eigenvalue weighted by atomic mass is 10.0. The Kier molecular flexibility index (Phi) is 2.98. The lowest BCUT2D eigenvalue weighted by Crippen LogP contribution is -2.45. The summed E-state index contributed by atoms with van der Waals surface area (Å²) in [4.78, 5) is 25.4. The van der Waals surface area contributed by atoms with E-state index in [1.165, 1.54) is 4.90 Å². The largest absolute Gasteiger partial charge is 0.394 e. The number of imide groups is 1. The van der Waals surface area contributed by atoms with Crippen LogP contribution in [0.2, 0.25) is 0 Å². The van der Waals surface area contributed by atoms with Crippen LogP contribution in [0.5, 0.6) is 0 Å². The zero-order valence-corrected chi connectivity index (χ0v) is 9.88. The Bertz CT molecular complexity index is 432. The molecule has 0 aliphatic carbocycles. The molecule has 0 aromatic heterocycles. The molecule has 1 aliphatic heterocycles. The second-order valence-corrected chi connectivity index (χ2v) is 4.52. The van der Waals surface area contributed by atoms with E-state index >= 15 is 0 Å². The Morgan fingerprint density at radius 2 is 1.59 bits per heavy atom. The van der Waals surface area contributed by atoms with Crippen molar-refractivity contribution < 1.29 is 14.7 Å². The minimum atomic E-state index is -0.456. The quantitative estimate of drug-likeness (QED) is 0.800. The van der Waals surface area contributed by atoms with Gasteiger partial charge in [-0.2, -0.15) is 0 Å². The predicted octanol–water partition coefficient (Wildman–Crippen LogP) is 1.30. The van der Waals surface area contributed by atoms with E-state index in [0.29, 0.717) is 11.1 Å². The number of rotatable bonds is 3. The molecule has 0 unspecified atom stereocenters. The Morgan fingerprint density at radius 1 is 1.12 bits per heavy atom. The number of benzene rings is 1. The highest BCUT2D eigenvalue weighted by Crippen LogP contribution is 2.26. The average molecular weight is 233 g/mol. The fourth-order valence-corrected chi connectivity index (χ4v) is 2.10. The molecular weight excluding hydrogens is 218 g/mol. The zero-order chi connectivity index (χ0) is 12.6. The van der Waals surface area contributed by atoms with Gasteiger partial charge in [-0.3, -0.25) is 14.5 Å². The van der Waals surface area contributed by atoms with Crippen LogP contribution in [0.25, 0.3) is 0 Å². The molecule has 1 heterocycles. The van der Waals surface area contributed by atoms with Crippen LogP contribution in [0.4, 0.5) is 0 Å². The van der Waals surface area contributed by atoms with Gasteiger partial charge < -0.3 is 5.11 Å². The summed E-state index contributed by atoms with van der Waals surface area (Å²) in [6.45, 7) is 3.55. The van der Waals surface area contributed by atoms with Gasteiger partial charge in [-0.25, -0.2) is 0 Å². The highest BCUT2D eigenvalue weighted by atomic mass is 16.3. The molecule has 4 heteroatoms. The van der Waals surface area contributed by atoms with Crippen LogP contribution < -0.4 is 0 Å². The smallest absolute Gasteiger partial charge is 0.261 e. The second-order valence-electron chi connectivity index (χ2n) is 4.52. The van der Waals surface area contributed by atoms with E-state index in [-0.39, 0.29) is 24.3 Å². The molecule has 17 heavy (non-hydrogen) atoms. The number of nitrogens with zero attached hydrogens (tertiary/aromatic N) is 1. The molecule has 0 radical (unpaired) electrons. The van der Waals surface area contributed by atoms with Gasteiger partial charge in [-0.15, -0.1) is 0 Å². The summed E-state index contributed by atoms with van der Waals surface area (Å²) in [5.41, 5.74) is 0.855. The second kappa shape index (κ2) is 4.30. The van der Waals surface area contributed by atoms with E-state index < -0.39 is 6.04 Å². The van der Waals surface area contributed by atoms with Gasteiger partial charge in [0.05, 0.1) is 23.8 Å². The third-order valence-corrected chi connectivity index (χ3v) is 3.11. The highest BCUT2D eigenvalue weighted by Gasteiger charge is 2.40. The lowest BCUT2D eigenvalue weighted by Gasteiger charge is -2.27. The monoisotopic (exact) mass is 233 g/mol. The fourth-order valence-electron chi connectivity index (χ4n) is 2.10. The Hall–Kier alpha value is -1.68. The van der Waals surface area contributed by atoms with Crippen LogP contribution in [0.1, 0.15) is 34.6 Å². The topological polar surface area (TPSA) is 57.6 Å². The van der Waals surface area contributed by atoms with E-state index in [2.05, 4.69) is 0 Å². The van der Waals surface area contributed by atoms with Crippen molar-refractivity contribution in [1.29, 1.82) is 0 Å². The van der Waals surface area contributed by atoms with Crippen molar-refractivity contribution in [2.75, 3.05) is 6.61 Å². The number of hydrogen-bond donors (Lipinski definition) is 1. The maximum absolute atomic E-state index is 12.1. The third kappa shape index (κ3) is 1.74. The molecule has 0 saturated carbocycles. The molecule has 0 spiro atoms. The van der Waals surface area contributed by atoms with E-state index in [0.717, 1.165) is 0 Å². The van der Waals surface area contributed by atoms with Gasteiger partial charge in [-0.1, -0.05) is 26.0 Å². The Labute approximate surface area is 99.9 Å². The summed E-state index contributed by atoms with van der Waals surface area (Å²) in [6.07, 6.45) is 0. The summed E-state index contributed by atoms with van der Waals surface area (Å²) in [5, 5.41) is 9.33. The Morgan fingerprint density at radius 3 is 1.94 bits per heavy atom. The van der Waals surface area contributed by atoms with Gasteiger partial charge >= 0.3 is 0 Å². The molecule has 4 nitrogen and oxygen atoms in total. The zero-order valence-electron chi connectivity index (χ0n) is 9.88. The molecule has 2 rings (SSSR count). The first kappa shape index (κ1) is 11.8. The van der Waals surface area contributed by atoms with Crippen LogP contribution in [-0.4, -0.2) is 34.5 Å². The van der Waals surface area contributed by atoms with E-state index in [1.54, 1.807) is 24.3 Å². The molecule has 1 aliphatic rings. The van der Waals surface area contributed by atoms with Crippen molar-refractivity contribution in [3.05, 3.63) is 35.4 Å². The lowest BCUT2D eigenvalue weighted by molar-refractivity contribution is 0.0452. The number of carbonyl (C=O) groups excluding carboxylic acids is 2. The van der Waals surface area contributed by atoms with Gasteiger partial charge in [0.25, 0.3) is 11.8 Å². The summed E-state index contributed by atoms with van der Waals surface area (Å²) < 4.78 is 0. The first-order valence-electron chi connectivity index (χ1n) is 5.65. The van der Waals surface area contributed by atoms with Crippen molar-refractivity contribution in [1.82, 2.24) is 4.90 Å². The van der Waals surface area contributed by atoms with Crippen LogP contribution in [-0.2, 0) is 0 Å². The highest BCUT2D eigenvalue weighted by molar-refractivity contribution is 6.21. The molecule has 1 aromatic carbocycles. The maximum atomic E-state index is 12.1. The molecular formula is C13H15NO3. The SMILES string of the molecule is CC(C)[C@@H](CO)N1C(=O)c2ccccc2C1=O. The van der Waals surface area contributed by atoms with Crippen LogP contribution in [0.15, 0.2) is 24.3 Å². The molecule has 2 amide bonds. The maximum Gasteiger partial charge on any atom is 0.261 e. The number of aliphatic hydroxyl groups excluding tert-OH is 1. The van der Waals surface area contributed by atoms with Crippen LogP contribution >= 0.6 is 0 Å². The average Bonchev–Trinajstić information content (AvgIpc) is 2.56. The predicted molar refractivity (Wildman–Crippen MR) is 62.7 cm³/mol. The first-order valence-corrected chi connectivity index (χ1v) is 5.65. The number of aliphatic hydroxyl groups is 1. The van der Waals surface area contributed by atoms with Gasteiger partial charge in [-0.05, 0) is 18.1 Å². The van der Waals surface area contributed by atoms with Crippen LogP contribution in [0.3, 0.4) is 0 Å². The summed E-state index contributed by atoms with van der Waals surface area (Å²) in [6, 6.07) is 6.30. The van der Waals surface area contributed by atoms with Gasteiger partial charge in [0.1, 0.15) is 0 Å². The summed E-state index contributed by atoms with van der Waals surface area (Å²) >= 11 is 0. The molecule has 1 atom stereocenters. The molecule has 0 saturated heterocycles. The first-order chi connectivity index (χ1) is 8.07. The van der Waals surface area contributed by atoms with Gasteiger partial charge in [0.2, 0.25) is 0 Å². The number of hydrogen-bond acceptors (Lipinski definition) is 3. The van der Waals surface area contributed by atoms with Crippen molar-refractivity contribution in [3.63, 3.8) is 0 Å². The van der Waals surface area contributed by atoms with E-state index in [4.69, 9.17) is 0 Å².